The number of nitrogens with two attached hydrogens (primary N) is 1. The molecule has 1 fully saturated rings. The number of aromatic nitrogens is 3. The molecule has 0 amide bonds. The van der Waals surface area contributed by atoms with Crippen molar-refractivity contribution in [2.45, 2.75) is 13.0 Å². The molecule has 0 saturated carbocycles. The van der Waals surface area contributed by atoms with E-state index in [1.165, 1.54) is 6.33 Å². The van der Waals surface area contributed by atoms with E-state index in [2.05, 4.69) is 37.0 Å². The molecule has 0 aliphatic carbocycles. The van der Waals surface area contributed by atoms with E-state index in [0.717, 1.165) is 55.0 Å². The van der Waals surface area contributed by atoms with Crippen LogP contribution in [0, 0.1) is 0 Å². The van der Waals surface area contributed by atoms with E-state index < -0.39 is 0 Å². The molecule has 2 N–H and O–H groups in total. The highest BCUT2D eigenvalue weighted by molar-refractivity contribution is 9.10. The molecule has 1 saturated heterocycles. The van der Waals surface area contributed by atoms with Crippen molar-refractivity contribution in [1.82, 2.24) is 19.5 Å². The Balaban J connectivity index is 1.90. The Bertz CT molecular complexity index is 577. The predicted molar refractivity (Wildman–Crippen MR) is 75.8 cm³/mol. The quantitative estimate of drug-likeness (QED) is 0.901. The number of ether oxygens (including phenoxy) is 1. The van der Waals surface area contributed by atoms with Crippen LogP contribution < -0.4 is 5.73 Å². The lowest BCUT2D eigenvalue weighted by Gasteiger charge is -2.18. The summed E-state index contributed by atoms with van der Waals surface area (Å²) in [6, 6.07) is 2.06. The second-order valence-electron chi connectivity index (χ2n) is 4.63. The average molecular weight is 326 g/mol. The van der Waals surface area contributed by atoms with Gasteiger partial charge in [0.1, 0.15) is 11.8 Å². The Labute approximate surface area is 119 Å². The van der Waals surface area contributed by atoms with E-state index in [-0.39, 0.29) is 0 Å². The number of anilines is 1. The summed E-state index contributed by atoms with van der Waals surface area (Å²) in [6.07, 6.45) is 2.56. The van der Waals surface area contributed by atoms with Gasteiger partial charge in [0, 0.05) is 30.7 Å². The summed E-state index contributed by atoms with van der Waals surface area (Å²) in [5, 5.41) is 4.29. The molecule has 0 bridgehead atoms. The van der Waals surface area contributed by atoms with Crippen LogP contribution in [0.15, 0.2) is 16.9 Å². The van der Waals surface area contributed by atoms with Crippen LogP contribution in [-0.4, -0.2) is 45.8 Å². The first-order valence-corrected chi connectivity index (χ1v) is 7.11. The molecular formula is C12H16BrN5O. The van der Waals surface area contributed by atoms with E-state index >= 15 is 0 Å². The van der Waals surface area contributed by atoms with Crippen molar-refractivity contribution in [3.05, 3.63) is 22.6 Å². The lowest BCUT2D eigenvalue weighted by Crippen LogP contribution is -2.26. The van der Waals surface area contributed by atoms with Crippen LogP contribution >= 0.6 is 15.9 Å². The van der Waals surface area contributed by atoms with E-state index in [9.17, 15) is 0 Å². The van der Waals surface area contributed by atoms with Crippen LogP contribution in [0.1, 0.15) is 12.1 Å². The molecule has 3 heterocycles. The molecule has 0 spiro atoms. The van der Waals surface area contributed by atoms with Gasteiger partial charge in [-0.3, -0.25) is 4.90 Å². The van der Waals surface area contributed by atoms with E-state index in [0.29, 0.717) is 5.82 Å². The zero-order valence-electron chi connectivity index (χ0n) is 10.5. The number of rotatable bonds is 2. The molecule has 19 heavy (non-hydrogen) atoms. The van der Waals surface area contributed by atoms with Crippen molar-refractivity contribution in [2.75, 3.05) is 32.0 Å². The highest BCUT2D eigenvalue weighted by Gasteiger charge is 2.15. The van der Waals surface area contributed by atoms with Gasteiger partial charge in [-0.2, -0.15) is 5.10 Å². The minimum absolute atomic E-state index is 0.493. The molecule has 2 aromatic rings. The standard InChI is InChI=1S/C12H16BrN5O/c13-10-6-9(7-17-2-1-4-19-5-3-17)18-11(10)12(14)15-8-16-18/h6,8H,1-5,7H2,(H2,14,15,16). The van der Waals surface area contributed by atoms with Gasteiger partial charge in [-0.05, 0) is 28.4 Å². The predicted octanol–water partition coefficient (Wildman–Crippen LogP) is 1.30. The van der Waals surface area contributed by atoms with Gasteiger partial charge in [0.15, 0.2) is 5.82 Å². The first-order chi connectivity index (χ1) is 9.25. The van der Waals surface area contributed by atoms with Gasteiger partial charge in [-0.15, -0.1) is 0 Å². The third kappa shape index (κ3) is 2.58. The van der Waals surface area contributed by atoms with Crippen LogP contribution in [-0.2, 0) is 11.3 Å². The average Bonchev–Trinajstić information content (AvgIpc) is 2.58. The first kappa shape index (κ1) is 12.8. The number of hydrogen-bond acceptors (Lipinski definition) is 5. The Hall–Kier alpha value is -1.18. The molecule has 1 aliphatic rings. The van der Waals surface area contributed by atoms with Crippen molar-refractivity contribution < 1.29 is 4.74 Å². The maximum Gasteiger partial charge on any atom is 0.152 e. The largest absolute Gasteiger partial charge is 0.382 e. The van der Waals surface area contributed by atoms with Crippen LogP contribution in [0.3, 0.4) is 0 Å². The van der Waals surface area contributed by atoms with Crippen LogP contribution in [0.4, 0.5) is 5.82 Å². The fraction of sp³-hybridized carbons (Fsp3) is 0.500. The Kier molecular flexibility index (Phi) is 3.67. The van der Waals surface area contributed by atoms with Gasteiger partial charge in [0.05, 0.1) is 12.3 Å². The maximum absolute atomic E-state index is 5.89. The second kappa shape index (κ2) is 5.44. The summed E-state index contributed by atoms with van der Waals surface area (Å²) < 4.78 is 8.27. The number of halogens is 1. The number of nitrogens with zero attached hydrogens (tertiary/aromatic N) is 4. The molecule has 7 heteroatoms. The number of nitrogen functional groups attached to an aromatic ring is 1. The third-order valence-corrected chi connectivity index (χ3v) is 3.91. The molecule has 102 valence electrons. The highest BCUT2D eigenvalue weighted by Crippen LogP contribution is 2.25. The molecular weight excluding hydrogens is 310 g/mol. The summed E-state index contributed by atoms with van der Waals surface area (Å²) in [7, 11) is 0. The molecule has 0 aromatic carbocycles. The van der Waals surface area contributed by atoms with Crippen LogP contribution in [0.5, 0.6) is 0 Å². The SMILES string of the molecule is Nc1ncnn2c(CN3CCCOCC3)cc(Br)c12. The van der Waals surface area contributed by atoms with Gasteiger partial charge < -0.3 is 10.5 Å². The van der Waals surface area contributed by atoms with Crippen LogP contribution in [0.2, 0.25) is 0 Å². The lowest BCUT2D eigenvalue weighted by atomic mass is 10.3. The molecule has 3 rings (SSSR count). The fourth-order valence-electron chi connectivity index (χ4n) is 2.38. The minimum atomic E-state index is 0.493. The number of hydrogen-bond donors (Lipinski definition) is 1. The van der Waals surface area contributed by atoms with Gasteiger partial charge in [0.25, 0.3) is 0 Å². The van der Waals surface area contributed by atoms with Gasteiger partial charge >= 0.3 is 0 Å². The normalized spacial score (nSPS) is 17.7. The molecule has 0 unspecified atom stereocenters. The number of fused-ring (bicyclic) bond motifs is 1. The Morgan fingerprint density at radius 3 is 3.16 bits per heavy atom. The smallest absolute Gasteiger partial charge is 0.152 e. The monoisotopic (exact) mass is 325 g/mol. The Morgan fingerprint density at radius 2 is 2.26 bits per heavy atom. The zero-order valence-corrected chi connectivity index (χ0v) is 12.1. The Morgan fingerprint density at radius 1 is 1.37 bits per heavy atom. The fourth-order valence-corrected chi connectivity index (χ4v) is 3.02. The van der Waals surface area contributed by atoms with Crippen LogP contribution in [0.25, 0.3) is 5.52 Å². The maximum atomic E-state index is 5.89. The summed E-state index contributed by atoms with van der Waals surface area (Å²) in [5.74, 6) is 0.493. The summed E-state index contributed by atoms with van der Waals surface area (Å²) in [5.41, 5.74) is 7.84. The molecule has 6 nitrogen and oxygen atoms in total. The van der Waals surface area contributed by atoms with Gasteiger partial charge in [-0.25, -0.2) is 9.50 Å². The van der Waals surface area contributed by atoms with Crippen molar-refractivity contribution in [1.29, 1.82) is 0 Å². The topological polar surface area (TPSA) is 68.7 Å². The second-order valence-corrected chi connectivity index (χ2v) is 5.49. The molecule has 2 aromatic heterocycles. The molecule has 0 radical (unpaired) electrons. The van der Waals surface area contributed by atoms with E-state index in [1.54, 1.807) is 0 Å². The molecule has 0 atom stereocenters. The van der Waals surface area contributed by atoms with E-state index in [1.807, 2.05) is 4.52 Å². The lowest BCUT2D eigenvalue weighted by molar-refractivity contribution is 0.140. The summed E-state index contributed by atoms with van der Waals surface area (Å²) in [6.45, 7) is 4.48. The van der Waals surface area contributed by atoms with Gasteiger partial charge in [-0.1, -0.05) is 0 Å². The van der Waals surface area contributed by atoms with Crippen molar-refractivity contribution in [3.8, 4) is 0 Å². The third-order valence-electron chi connectivity index (χ3n) is 3.31. The first-order valence-electron chi connectivity index (χ1n) is 6.32. The zero-order chi connectivity index (χ0) is 13.2. The van der Waals surface area contributed by atoms with Crippen molar-refractivity contribution in [3.63, 3.8) is 0 Å². The minimum Gasteiger partial charge on any atom is -0.382 e. The van der Waals surface area contributed by atoms with Gasteiger partial charge in [0.2, 0.25) is 0 Å². The summed E-state index contributed by atoms with van der Waals surface area (Å²) in [4.78, 5) is 6.40. The van der Waals surface area contributed by atoms with E-state index in [4.69, 9.17) is 10.5 Å². The van der Waals surface area contributed by atoms with Crippen molar-refractivity contribution >= 4 is 27.3 Å². The molecule has 1 aliphatic heterocycles. The highest BCUT2D eigenvalue weighted by atomic mass is 79.9. The summed E-state index contributed by atoms with van der Waals surface area (Å²) >= 11 is 3.52. The van der Waals surface area contributed by atoms with Crippen molar-refractivity contribution in [2.24, 2.45) is 0 Å².